The van der Waals surface area contributed by atoms with Crippen molar-refractivity contribution in [2.75, 3.05) is 5.32 Å². The van der Waals surface area contributed by atoms with Crippen LogP contribution in [-0.2, 0) is 7.05 Å². The molecule has 0 unspecified atom stereocenters. The van der Waals surface area contributed by atoms with Crippen LogP contribution in [0.15, 0.2) is 57.0 Å². The molecule has 0 saturated carbocycles. The van der Waals surface area contributed by atoms with Crippen LogP contribution in [0.2, 0.25) is 0 Å². The van der Waals surface area contributed by atoms with Gasteiger partial charge in [0.2, 0.25) is 5.16 Å². The number of hydrogen-bond donors (Lipinski definition) is 1. The van der Waals surface area contributed by atoms with Crippen LogP contribution >= 0.6 is 27.7 Å². The van der Waals surface area contributed by atoms with Gasteiger partial charge >= 0.3 is 0 Å². The fraction of sp³-hybridized carbons (Fsp3) is 0.125. The zero-order valence-electron chi connectivity index (χ0n) is 13.0. The molecule has 0 atom stereocenters. The van der Waals surface area contributed by atoms with Gasteiger partial charge in [-0.25, -0.2) is 4.68 Å². The fourth-order valence-corrected chi connectivity index (χ4v) is 3.24. The maximum Gasteiger partial charge on any atom is 0.255 e. The van der Waals surface area contributed by atoms with Crippen molar-refractivity contribution in [1.82, 2.24) is 20.2 Å². The van der Waals surface area contributed by atoms with E-state index in [-0.39, 0.29) is 5.91 Å². The van der Waals surface area contributed by atoms with Crippen molar-refractivity contribution in [1.29, 1.82) is 0 Å². The number of hydrogen-bond acceptors (Lipinski definition) is 5. The molecule has 122 valence electrons. The summed E-state index contributed by atoms with van der Waals surface area (Å²) in [6.45, 7) is 1.96. The molecule has 1 aromatic heterocycles. The second kappa shape index (κ2) is 7.14. The number of carbonyl (C=O) groups excluding carboxylic acids is 1. The van der Waals surface area contributed by atoms with Crippen molar-refractivity contribution >= 4 is 39.3 Å². The number of nitrogens with one attached hydrogen (secondary N) is 1. The van der Waals surface area contributed by atoms with Crippen LogP contribution < -0.4 is 5.32 Å². The molecule has 6 nitrogen and oxygen atoms in total. The van der Waals surface area contributed by atoms with E-state index < -0.39 is 0 Å². The van der Waals surface area contributed by atoms with Gasteiger partial charge in [-0.3, -0.25) is 4.79 Å². The van der Waals surface area contributed by atoms with Crippen LogP contribution in [0.5, 0.6) is 0 Å². The van der Waals surface area contributed by atoms with Crippen molar-refractivity contribution in [3.63, 3.8) is 0 Å². The van der Waals surface area contributed by atoms with Crippen molar-refractivity contribution in [2.45, 2.75) is 17.0 Å². The highest BCUT2D eigenvalue weighted by atomic mass is 79.9. The Morgan fingerprint density at radius 2 is 2.08 bits per heavy atom. The lowest BCUT2D eigenvalue weighted by molar-refractivity contribution is 0.102. The lowest BCUT2D eigenvalue weighted by atomic mass is 10.1. The smallest absolute Gasteiger partial charge is 0.255 e. The molecular weight excluding hydrogens is 390 g/mol. The quantitative estimate of drug-likeness (QED) is 0.718. The second-order valence-corrected chi connectivity index (χ2v) is 7.08. The Kier molecular flexibility index (Phi) is 4.96. The Balaban J connectivity index is 1.88. The van der Waals surface area contributed by atoms with E-state index in [0.717, 1.165) is 14.9 Å². The summed E-state index contributed by atoms with van der Waals surface area (Å²) in [4.78, 5) is 13.4. The van der Waals surface area contributed by atoms with Crippen molar-refractivity contribution in [2.24, 2.45) is 7.05 Å². The molecule has 0 spiro atoms. The Bertz CT molecular complexity index is 896. The molecule has 0 aliphatic rings. The molecule has 2 aromatic carbocycles. The van der Waals surface area contributed by atoms with E-state index in [0.29, 0.717) is 16.4 Å². The van der Waals surface area contributed by atoms with Gasteiger partial charge in [0.1, 0.15) is 0 Å². The number of amides is 1. The van der Waals surface area contributed by atoms with Crippen molar-refractivity contribution in [3.8, 4) is 0 Å². The van der Waals surface area contributed by atoms with Gasteiger partial charge in [-0.1, -0.05) is 33.6 Å². The van der Waals surface area contributed by atoms with Crippen LogP contribution in [-0.4, -0.2) is 26.1 Å². The molecule has 3 rings (SSSR count). The van der Waals surface area contributed by atoms with E-state index in [9.17, 15) is 4.79 Å². The van der Waals surface area contributed by atoms with Crippen LogP contribution in [0.25, 0.3) is 0 Å². The van der Waals surface area contributed by atoms with Crippen molar-refractivity contribution < 1.29 is 4.79 Å². The number of carbonyl (C=O) groups is 1. The van der Waals surface area contributed by atoms with Gasteiger partial charge < -0.3 is 5.32 Å². The minimum atomic E-state index is -0.158. The van der Waals surface area contributed by atoms with Crippen LogP contribution in [0, 0.1) is 6.92 Å². The predicted octanol–water partition coefficient (Wildman–Crippen LogP) is 3.68. The van der Waals surface area contributed by atoms with E-state index in [1.165, 1.54) is 11.8 Å². The maximum absolute atomic E-state index is 12.5. The molecular formula is C16H14BrN5OS. The first-order chi connectivity index (χ1) is 11.5. The van der Waals surface area contributed by atoms with Gasteiger partial charge in [0.15, 0.2) is 0 Å². The summed E-state index contributed by atoms with van der Waals surface area (Å²) >= 11 is 4.83. The summed E-state index contributed by atoms with van der Waals surface area (Å²) in [5, 5.41) is 15.0. The Hall–Kier alpha value is -2.19. The first kappa shape index (κ1) is 16.7. The number of benzene rings is 2. The average Bonchev–Trinajstić information content (AvgIpc) is 2.95. The van der Waals surface area contributed by atoms with E-state index >= 15 is 0 Å². The molecule has 8 heteroatoms. The monoisotopic (exact) mass is 403 g/mol. The van der Waals surface area contributed by atoms with E-state index in [2.05, 4.69) is 36.8 Å². The topological polar surface area (TPSA) is 72.7 Å². The summed E-state index contributed by atoms with van der Waals surface area (Å²) in [6.07, 6.45) is 0. The third-order valence-corrected chi connectivity index (χ3v) is 4.85. The number of tetrazole rings is 1. The minimum Gasteiger partial charge on any atom is -0.321 e. The van der Waals surface area contributed by atoms with Gasteiger partial charge in [0.05, 0.1) is 5.69 Å². The van der Waals surface area contributed by atoms with E-state index in [1.807, 2.05) is 43.3 Å². The Morgan fingerprint density at radius 1 is 1.25 bits per heavy atom. The number of nitrogens with zero attached hydrogens (tertiary/aromatic N) is 4. The molecule has 24 heavy (non-hydrogen) atoms. The fourth-order valence-electron chi connectivity index (χ4n) is 2.08. The molecule has 0 bridgehead atoms. The van der Waals surface area contributed by atoms with Crippen LogP contribution in [0.3, 0.4) is 0 Å². The number of halogens is 1. The summed E-state index contributed by atoms with van der Waals surface area (Å²) in [5.41, 5.74) is 2.35. The Labute approximate surface area is 151 Å². The third kappa shape index (κ3) is 3.82. The number of anilines is 1. The molecule has 1 heterocycles. The third-order valence-electron chi connectivity index (χ3n) is 3.25. The highest BCUT2D eigenvalue weighted by molar-refractivity contribution is 9.10. The highest BCUT2D eigenvalue weighted by Crippen LogP contribution is 2.34. The predicted molar refractivity (Wildman–Crippen MR) is 96.2 cm³/mol. The summed E-state index contributed by atoms with van der Waals surface area (Å²) in [7, 11) is 1.77. The number of aryl methyl sites for hydroxylation is 2. The molecule has 0 saturated heterocycles. The maximum atomic E-state index is 12.5. The van der Waals surface area contributed by atoms with Crippen LogP contribution in [0.4, 0.5) is 5.69 Å². The summed E-state index contributed by atoms with van der Waals surface area (Å²) in [6, 6.07) is 13.2. The van der Waals surface area contributed by atoms with Crippen molar-refractivity contribution in [3.05, 3.63) is 58.1 Å². The number of rotatable bonds is 4. The summed E-state index contributed by atoms with van der Waals surface area (Å²) in [5.74, 6) is -0.158. The molecule has 0 radical (unpaired) electrons. The first-order valence-electron chi connectivity index (χ1n) is 7.11. The number of aromatic nitrogens is 4. The molecule has 1 amide bonds. The largest absolute Gasteiger partial charge is 0.321 e. The molecule has 3 aromatic rings. The van der Waals surface area contributed by atoms with E-state index in [1.54, 1.807) is 17.8 Å². The first-order valence-corrected chi connectivity index (χ1v) is 8.71. The molecule has 1 N–H and O–H groups in total. The normalized spacial score (nSPS) is 10.6. The second-order valence-electron chi connectivity index (χ2n) is 5.15. The average molecular weight is 404 g/mol. The molecule has 0 fully saturated rings. The van der Waals surface area contributed by atoms with Gasteiger partial charge in [0, 0.05) is 22.0 Å². The lowest BCUT2D eigenvalue weighted by Crippen LogP contribution is -2.12. The molecule has 0 aliphatic heterocycles. The van der Waals surface area contributed by atoms with Gasteiger partial charge in [-0.05, 0) is 59.4 Å². The summed E-state index contributed by atoms with van der Waals surface area (Å²) < 4.78 is 2.46. The zero-order chi connectivity index (χ0) is 17.1. The Morgan fingerprint density at radius 3 is 2.79 bits per heavy atom. The van der Waals surface area contributed by atoms with Crippen LogP contribution in [0.1, 0.15) is 15.9 Å². The molecule has 0 aliphatic carbocycles. The lowest BCUT2D eigenvalue weighted by Gasteiger charge is -2.11. The van der Waals surface area contributed by atoms with Gasteiger partial charge in [-0.2, -0.15) is 0 Å². The zero-order valence-corrected chi connectivity index (χ0v) is 15.4. The van der Waals surface area contributed by atoms with Gasteiger partial charge in [-0.15, -0.1) is 5.10 Å². The standard InChI is InChI=1S/C16H14BrN5OS/c1-10-4-3-5-11(8-10)15(23)18-13-9-12(17)6-7-14(13)24-16-19-20-21-22(16)2/h3-9H,1-2H3,(H,18,23). The SMILES string of the molecule is Cc1cccc(C(=O)Nc2cc(Br)ccc2Sc2nnnn2C)c1. The minimum absolute atomic E-state index is 0.158. The van der Waals surface area contributed by atoms with Gasteiger partial charge in [0.25, 0.3) is 5.91 Å². The van der Waals surface area contributed by atoms with E-state index in [4.69, 9.17) is 0 Å². The highest BCUT2D eigenvalue weighted by Gasteiger charge is 2.13.